The molecule has 1 aliphatic heterocycles. The van der Waals surface area contributed by atoms with Gasteiger partial charge in [-0.05, 0) is 0 Å². The van der Waals surface area contributed by atoms with E-state index >= 15 is 0 Å². The second kappa shape index (κ2) is 9.99. The van der Waals surface area contributed by atoms with E-state index in [-0.39, 0.29) is 0 Å². The molecular weight excluding hydrogens is 447 g/mol. The Balaban J connectivity index is 2.02. The Labute approximate surface area is 173 Å². The van der Waals surface area contributed by atoms with E-state index in [1.54, 1.807) is 0 Å². The van der Waals surface area contributed by atoms with Crippen molar-refractivity contribution < 1.29 is 48.7 Å². The molecule has 0 spiro atoms. The van der Waals surface area contributed by atoms with E-state index in [1.807, 2.05) is 4.98 Å². The summed E-state index contributed by atoms with van der Waals surface area (Å²) in [5.41, 5.74) is 8.52. The van der Waals surface area contributed by atoms with Crippen molar-refractivity contribution in [2.75, 3.05) is 13.2 Å². The maximum Gasteiger partial charge on any atom is 0.404 e. The van der Waals surface area contributed by atoms with Crippen LogP contribution >= 0.6 is 7.60 Å². The topological polar surface area (TPSA) is 270 Å². The summed E-state index contributed by atoms with van der Waals surface area (Å²) in [5, 5.41) is 39.7. The molecule has 2 rings (SSSR count). The molecule has 17 heteroatoms. The van der Waals surface area contributed by atoms with Crippen molar-refractivity contribution in [3.05, 3.63) is 33.1 Å². The smallest absolute Gasteiger partial charge is 0.404 e. The van der Waals surface area contributed by atoms with Gasteiger partial charge >= 0.3 is 19.4 Å². The van der Waals surface area contributed by atoms with Gasteiger partial charge in [-0.3, -0.25) is 18.9 Å². The first-order valence-electron chi connectivity index (χ1n) is 8.69. The first kappa shape index (κ1) is 25.1. The molecule has 0 radical (unpaired) electrons. The lowest BCUT2D eigenvalue weighted by atomic mass is 10.1. The number of amides is 1. The van der Waals surface area contributed by atoms with Crippen LogP contribution in [0.3, 0.4) is 0 Å². The first-order chi connectivity index (χ1) is 14.3. The molecule has 0 aliphatic carbocycles. The third-order valence-electron chi connectivity index (χ3n) is 4.40. The van der Waals surface area contributed by atoms with Gasteiger partial charge < -0.3 is 50.8 Å². The summed E-state index contributed by atoms with van der Waals surface area (Å²) in [6, 6.07) is 0.975. The maximum absolute atomic E-state index is 12.3. The average molecular weight is 470 g/mol. The number of primary amides is 1. The average Bonchev–Trinajstić information content (AvgIpc) is 2.97. The van der Waals surface area contributed by atoms with Crippen LogP contribution in [0.5, 0.6) is 0 Å². The number of carbonyl (C=O) groups excluding carboxylic acids is 1. The molecule has 10 N–H and O–H groups in total. The van der Waals surface area contributed by atoms with Crippen LogP contribution < -0.4 is 22.7 Å². The Kier molecular flexibility index (Phi) is 8.09. The van der Waals surface area contributed by atoms with E-state index in [0.717, 1.165) is 16.8 Å². The highest BCUT2D eigenvalue weighted by molar-refractivity contribution is 7.53. The van der Waals surface area contributed by atoms with Crippen molar-refractivity contribution in [2.45, 2.75) is 42.5 Å². The van der Waals surface area contributed by atoms with Gasteiger partial charge in [0.1, 0.15) is 42.9 Å². The zero-order valence-corrected chi connectivity index (χ0v) is 16.6. The molecule has 16 nitrogen and oxygen atoms in total. The SMILES string of the molecule is NC(=O)OC[C@H](O)[C@@H](O)[C@@H](N)P(=O)(O)OC[C@H]1O[C@@H](n2ccc(=O)[nH]c2=O)[C@H](O)[C@@H]1O. The van der Waals surface area contributed by atoms with E-state index in [9.17, 15) is 44.3 Å². The second-order valence-electron chi connectivity index (χ2n) is 6.60. The fourth-order valence-electron chi connectivity index (χ4n) is 2.68. The predicted molar refractivity (Wildman–Crippen MR) is 98.5 cm³/mol. The van der Waals surface area contributed by atoms with Crippen molar-refractivity contribution in [1.29, 1.82) is 0 Å². The zero-order chi connectivity index (χ0) is 23.5. The maximum atomic E-state index is 12.3. The number of nitrogens with zero attached hydrogens (tertiary/aromatic N) is 1. The number of H-pyrrole nitrogens is 1. The predicted octanol–water partition coefficient (Wildman–Crippen LogP) is -4.54. The lowest BCUT2D eigenvalue weighted by molar-refractivity contribution is -0.0542. The molecule has 1 unspecified atom stereocenters. The van der Waals surface area contributed by atoms with Gasteiger partial charge in [0.15, 0.2) is 6.23 Å². The van der Waals surface area contributed by atoms with Gasteiger partial charge in [0.2, 0.25) is 0 Å². The Bertz CT molecular complexity index is 936. The zero-order valence-electron chi connectivity index (χ0n) is 15.8. The Hall–Kier alpha value is -2.14. The standard InChI is InChI=1S/C14H23N4O12P/c15-11(8(21)5(19)3-28-13(16)24)31(26,27)29-4-6-9(22)10(23)12(30-6)18-2-1-7(20)17-14(18)25/h1-2,5-6,8-12,19,21-23H,3-4,15H2,(H2,16,24)(H,26,27)(H,17,20,25)/t5-,6+,8+,9+,10+,11-,12+/m0/s1. The summed E-state index contributed by atoms with van der Waals surface area (Å²) in [6.45, 7) is -1.62. The Morgan fingerprint density at radius 3 is 2.55 bits per heavy atom. The number of aromatic amines is 1. The van der Waals surface area contributed by atoms with E-state index in [4.69, 9.17) is 20.7 Å². The number of aromatic nitrogens is 2. The Morgan fingerprint density at radius 1 is 1.32 bits per heavy atom. The minimum atomic E-state index is -4.84. The van der Waals surface area contributed by atoms with Crippen LogP contribution in [-0.2, 0) is 18.6 Å². The second-order valence-corrected chi connectivity index (χ2v) is 8.58. The van der Waals surface area contributed by atoms with Gasteiger partial charge in [0, 0.05) is 12.3 Å². The number of nitrogens with two attached hydrogens (primary N) is 2. The quantitative estimate of drug-likeness (QED) is 0.158. The van der Waals surface area contributed by atoms with Crippen LogP contribution in [0.1, 0.15) is 6.23 Å². The summed E-state index contributed by atoms with van der Waals surface area (Å²) in [5.74, 6) is -2.06. The molecule has 0 aromatic carbocycles. The fourth-order valence-corrected chi connectivity index (χ4v) is 3.79. The highest BCUT2D eigenvalue weighted by atomic mass is 31.2. The molecule has 1 aromatic rings. The number of aliphatic hydroxyl groups is 4. The summed E-state index contributed by atoms with van der Waals surface area (Å²) in [4.78, 5) is 45.4. The third-order valence-corrected chi connectivity index (χ3v) is 5.98. The minimum Gasteiger partial charge on any atom is -0.447 e. The molecule has 31 heavy (non-hydrogen) atoms. The largest absolute Gasteiger partial charge is 0.447 e. The molecule has 1 aromatic heterocycles. The molecule has 0 bridgehead atoms. The normalized spacial score (nSPS) is 28.5. The minimum absolute atomic E-state index is 0.702. The van der Waals surface area contributed by atoms with Crippen LogP contribution in [0.4, 0.5) is 4.79 Å². The number of hydrogen-bond donors (Lipinski definition) is 8. The van der Waals surface area contributed by atoms with Crippen LogP contribution in [-0.4, -0.2) is 90.5 Å². The van der Waals surface area contributed by atoms with Crippen molar-refractivity contribution in [3.8, 4) is 0 Å². The number of ether oxygens (including phenoxy) is 2. The van der Waals surface area contributed by atoms with Gasteiger partial charge in [0.05, 0.1) is 6.61 Å². The summed E-state index contributed by atoms with van der Waals surface area (Å²) in [6.07, 6.45) is -10.4. The molecule has 0 saturated carbocycles. The molecule has 176 valence electrons. The summed E-state index contributed by atoms with van der Waals surface area (Å²) < 4.78 is 27.4. The van der Waals surface area contributed by atoms with Crippen molar-refractivity contribution in [2.24, 2.45) is 11.5 Å². The molecule has 1 aliphatic rings. The Morgan fingerprint density at radius 2 is 1.97 bits per heavy atom. The van der Waals surface area contributed by atoms with Gasteiger partial charge in [-0.15, -0.1) is 0 Å². The van der Waals surface area contributed by atoms with Crippen molar-refractivity contribution in [3.63, 3.8) is 0 Å². The van der Waals surface area contributed by atoms with E-state index in [1.165, 1.54) is 0 Å². The molecule has 2 heterocycles. The fraction of sp³-hybridized carbons (Fsp3) is 0.643. The van der Waals surface area contributed by atoms with Crippen LogP contribution in [0.2, 0.25) is 0 Å². The lowest BCUT2D eigenvalue weighted by Crippen LogP contribution is -2.46. The van der Waals surface area contributed by atoms with Gasteiger partial charge in [-0.1, -0.05) is 0 Å². The van der Waals surface area contributed by atoms with Crippen molar-refractivity contribution in [1.82, 2.24) is 9.55 Å². The monoisotopic (exact) mass is 470 g/mol. The highest BCUT2D eigenvalue weighted by Gasteiger charge is 2.46. The van der Waals surface area contributed by atoms with Crippen LogP contribution in [0.15, 0.2) is 21.9 Å². The van der Waals surface area contributed by atoms with Gasteiger partial charge in [0.25, 0.3) is 5.56 Å². The molecule has 1 fully saturated rings. The molecule has 1 saturated heterocycles. The van der Waals surface area contributed by atoms with Gasteiger partial charge in [-0.2, -0.15) is 0 Å². The number of aliphatic hydroxyl groups excluding tert-OH is 4. The van der Waals surface area contributed by atoms with Crippen LogP contribution in [0, 0.1) is 0 Å². The highest BCUT2D eigenvalue weighted by Crippen LogP contribution is 2.47. The van der Waals surface area contributed by atoms with Gasteiger partial charge in [-0.25, -0.2) is 9.59 Å². The summed E-state index contributed by atoms with van der Waals surface area (Å²) in [7, 11) is -4.84. The molecule has 8 atom stereocenters. The number of nitrogens with one attached hydrogen (secondary N) is 1. The van der Waals surface area contributed by atoms with Crippen molar-refractivity contribution >= 4 is 13.7 Å². The molecular formula is C14H23N4O12P. The number of rotatable bonds is 9. The number of hydrogen-bond acceptors (Lipinski definition) is 12. The molecule has 1 amide bonds. The first-order valence-corrected chi connectivity index (χ1v) is 10.3. The lowest BCUT2D eigenvalue weighted by Gasteiger charge is -2.27. The van der Waals surface area contributed by atoms with E-state index in [0.29, 0.717) is 0 Å². The third kappa shape index (κ3) is 5.97. The van der Waals surface area contributed by atoms with E-state index in [2.05, 4.69) is 4.74 Å². The summed E-state index contributed by atoms with van der Waals surface area (Å²) >= 11 is 0. The number of carbonyl (C=O) groups is 1. The van der Waals surface area contributed by atoms with E-state index < -0.39 is 80.7 Å². The van der Waals surface area contributed by atoms with Crippen LogP contribution in [0.25, 0.3) is 0 Å².